The van der Waals surface area contributed by atoms with Crippen LogP contribution in [0.4, 0.5) is 0 Å². The molecule has 1 N–H and O–H groups in total. The lowest BCUT2D eigenvalue weighted by atomic mass is 9.98. The van der Waals surface area contributed by atoms with Crippen molar-refractivity contribution in [3.63, 3.8) is 0 Å². The van der Waals surface area contributed by atoms with Gasteiger partial charge in [-0.2, -0.15) is 0 Å². The zero-order chi connectivity index (χ0) is 14.5. The quantitative estimate of drug-likeness (QED) is 0.868. The molecule has 1 heterocycles. The highest BCUT2D eigenvalue weighted by atomic mass is 79.9. The molecule has 2 aromatic rings. The van der Waals surface area contributed by atoms with E-state index in [1.807, 2.05) is 13.1 Å². The number of hydrogen-bond acceptors (Lipinski definition) is 2. The van der Waals surface area contributed by atoms with E-state index in [1.54, 1.807) is 0 Å². The van der Waals surface area contributed by atoms with Crippen LogP contribution in [0.3, 0.4) is 0 Å². The lowest BCUT2D eigenvalue weighted by Gasteiger charge is -2.21. The fourth-order valence-electron chi connectivity index (χ4n) is 2.21. The first-order valence-corrected chi connectivity index (χ1v) is 7.83. The van der Waals surface area contributed by atoms with Crippen molar-refractivity contribution in [2.75, 3.05) is 6.54 Å². The summed E-state index contributed by atoms with van der Waals surface area (Å²) in [5, 5.41) is 3.61. The van der Waals surface area contributed by atoms with Gasteiger partial charge in [-0.3, -0.25) is 4.98 Å². The van der Waals surface area contributed by atoms with Crippen LogP contribution in [0.5, 0.6) is 0 Å². The summed E-state index contributed by atoms with van der Waals surface area (Å²) in [4.78, 5) is 4.43. The molecule has 0 aliphatic heterocycles. The number of benzene rings is 1. The van der Waals surface area contributed by atoms with E-state index in [1.165, 1.54) is 16.7 Å². The minimum atomic E-state index is 0.179. The molecule has 0 amide bonds. The molecule has 0 aliphatic rings. The zero-order valence-corrected chi connectivity index (χ0v) is 13.9. The Morgan fingerprint density at radius 1 is 1.20 bits per heavy atom. The summed E-state index contributed by atoms with van der Waals surface area (Å²) >= 11 is 3.69. The number of aromatic nitrogens is 1. The molecule has 0 bridgehead atoms. The minimum absolute atomic E-state index is 0.179. The van der Waals surface area contributed by atoms with Gasteiger partial charge in [-0.05, 0) is 55.6 Å². The number of hydrogen-bond donors (Lipinski definition) is 1. The zero-order valence-electron chi connectivity index (χ0n) is 12.3. The Morgan fingerprint density at radius 3 is 2.60 bits per heavy atom. The van der Waals surface area contributed by atoms with Crippen molar-refractivity contribution in [3.05, 3.63) is 63.4 Å². The van der Waals surface area contributed by atoms with Gasteiger partial charge in [0.25, 0.3) is 0 Å². The van der Waals surface area contributed by atoms with Crippen LogP contribution < -0.4 is 5.32 Å². The highest BCUT2D eigenvalue weighted by Crippen LogP contribution is 2.29. The number of pyridine rings is 1. The molecule has 0 spiro atoms. The van der Waals surface area contributed by atoms with Crippen LogP contribution in [0.15, 0.2) is 41.0 Å². The first-order valence-electron chi connectivity index (χ1n) is 7.03. The Hall–Kier alpha value is -1.19. The van der Waals surface area contributed by atoms with Gasteiger partial charge in [-0.15, -0.1) is 0 Å². The maximum absolute atomic E-state index is 4.43. The number of halogens is 1. The van der Waals surface area contributed by atoms with E-state index in [4.69, 9.17) is 0 Å². The van der Waals surface area contributed by atoms with Crippen molar-refractivity contribution in [1.82, 2.24) is 10.3 Å². The monoisotopic (exact) mass is 332 g/mol. The molecule has 2 rings (SSSR count). The van der Waals surface area contributed by atoms with E-state index >= 15 is 0 Å². The summed E-state index contributed by atoms with van der Waals surface area (Å²) in [5.74, 6) is 0. The largest absolute Gasteiger partial charge is 0.306 e. The van der Waals surface area contributed by atoms with Crippen molar-refractivity contribution in [2.24, 2.45) is 0 Å². The lowest BCUT2D eigenvalue weighted by molar-refractivity contribution is 0.595. The second kappa shape index (κ2) is 7.00. The van der Waals surface area contributed by atoms with Gasteiger partial charge in [0.2, 0.25) is 0 Å². The third-order valence-electron chi connectivity index (χ3n) is 3.33. The number of nitrogens with zero attached hydrogens (tertiary/aromatic N) is 1. The third kappa shape index (κ3) is 3.68. The van der Waals surface area contributed by atoms with Gasteiger partial charge in [0.05, 0.1) is 6.04 Å². The third-order valence-corrected chi connectivity index (χ3v) is 4.02. The summed E-state index contributed by atoms with van der Waals surface area (Å²) in [6.07, 6.45) is 3.08. The second-order valence-corrected chi connectivity index (χ2v) is 6.00. The molecule has 1 aromatic carbocycles. The maximum atomic E-state index is 4.43. The Labute approximate surface area is 129 Å². The average Bonchev–Trinajstić information content (AvgIpc) is 2.42. The fourth-order valence-corrected chi connectivity index (χ4v) is 2.93. The fraction of sp³-hybridized carbons (Fsp3) is 0.353. The predicted molar refractivity (Wildman–Crippen MR) is 88.0 cm³/mol. The summed E-state index contributed by atoms with van der Waals surface area (Å²) in [5.41, 5.74) is 4.77. The molecule has 0 saturated heterocycles. The molecule has 106 valence electrons. The highest BCUT2D eigenvalue weighted by Gasteiger charge is 2.16. The van der Waals surface area contributed by atoms with Gasteiger partial charge in [-0.1, -0.05) is 41.1 Å². The molecule has 0 radical (unpaired) electrons. The number of aryl methyl sites for hydroxylation is 2. The summed E-state index contributed by atoms with van der Waals surface area (Å²) in [6.45, 7) is 7.29. The van der Waals surface area contributed by atoms with E-state index in [0.29, 0.717) is 0 Å². The molecule has 20 heavy (non-hydrogen) atoms. The van der Waals surface area contributed by atoms with E-state index in [0.717, 1.165) is 23.1 Å². The van der Waals surface area contributed by atoms with E-state index in [9.17, 15) is 0 Å². The van der Waals surface area contributed by atoms with Gasteiger partial charge in [0.1, 0.15) is 0 Å². The summed E-state index contributed by atoms with van der Waals surface area (Å²) < 4.78 is 1.15. The molecule has 1 unspecified atom stereocenters. The van der Waals surface area contributed by atoms with Crippen LogP contribution >= 0.6 is 15.9 Å². The molecule has 1 aromatic heterocycles. The van der Waals surface area contributed by atoms with E-state index < -0.39 is 0 Å². The smallest absolute Gasteiger partial charge is 0.0603 e. The Morgan fingerprint density at radius 2 is 2.00 bits per heavy atom. The van der Waals surface area contributed by atoms with Crippen molar-refractivity contribution < 1.29 is 0 Å². The number of nitrogens with one attached hydrogen (secondary N) is 1. The SMILES string of the molecule is CCCNC(c1ccc(C)nc1)c1ccc(C)cc1Br. The first-order chi connectivity index (χ1) is 9.61. The second-order valence-electron chi connectivity index (χ2n) is 5.15. The standard InChI is InChI=1S/C17H21BrN2/c1-4-9-19-17(14-7-6-13(3)20-11-14)15-8-5-12(2)10-16(15)18/h5-8,10-11,17,19H,4,9H2,1-3H3. The highest BCUT2D eigenvalue weighted by molar-refractivity contribution is 9.10. The topological polar surface area (TPSA) is 24.9 Å². The Bertz CT molecular complexity index is 564. The van der Waals surface area contributed by atoms with E-state index in [2.05, 4.69) is 70.4 Å². The number of rotatable bonds is 5. The summed E-state index contributed by atoms with van der Waals surface area (Å²) in [7, 11) is 0. The van der Waals surface area contributed by atoms with Gasteiger partial charge in [0, 0.05) is 16.4 Å². The van der Waals surface area contributed by atoms with Crippen LogP contribution in [0, 0.1) is 13.8 Å². The predicted octanol–water partition coefficient (Wildman–Crippen LogP) is 4.55. The molecule has 1 atom stereocenters. The normalized spacial score (nSPS) is 12.4. The molecule has 2 nitrogen and oxygen atoms in total. The molecule has 0 saturated carbocycles. The summed E-state index contributed by atoms with van der Waals surface area (Å²) in [6, 6.07) is 10.9. The molecule has 0 aliphatic carbocycles. The van der Waals surface area contributed by atoms with Crippen LogP contribution in [0.2, 0.25) is 0 Å². The molecule has 0 fully saturated rings. The van der Waals surface area contributed by atoms with Crippen LogP contribution in [-0.2, 0) is 0 Å². The molecular formula is C17H21BrN2. The lowest BCUT2D eigenvalue weighted by Crippen LogP contribution is -2.23. The Balaban J connectivity index is 2.38. The van der Waals surface area contributed by atoms with Gasteiger partial charge >= 0.3 is 0 Å². The minimum Gasteiger partial charge on any atom is -0.306 e. The van der Waals surface area contributed by atoms with Crippen molar-refractivity contribution >= 4 is 15.9 Å². The van der Waals surface area contributed by atoms with Crippen LogP contribution in [-0.4, -0.2) is 11.5 Å². The van der Waals surface area contributed by atoms with E-state index in [-0.39, 0.29) is 6.04 Å². The van der Waals surface area contributed by atoms with Gasteiger partial charge in [-0.25, -0.2) is 0 Å². The first kappa shape index (κ1) is 15.2. The average molecular weight is 333 g/mol. The van der Waals surface area contributed by atoms with Gasteiger partial charge in [0.15, 0.2) is 0 Å². The maximum Gasteiger partial charge on any atom is 0.0603 e. The van der Waals surface area contributed by atoms with Crippen LogP contribution in [0.1, 0.15) is 41.8 Å². The van der Waals surface area contributed by atoms with Crippen molar-refractivity contribution in [3.8, 4) is 0 Å². The van der Waals surface area contributed by atoms with Crippen molar-refractivity contribution in [2.45, 2.75) is 33.2 Å². The van der Waals surface area contributed by atoms with Crippen molar-refractivity contribution in [1.29, 1.82) is 0 Å². The molecular weight excluding hydrogens is 312 g/mol. The Kier molecular flexibility index (Phi) is 5.32. The van der Waals surface area contributed by atoms with Crippen LogP contribution in [0.25, 0.3) is 0 Å². The van der Waals surface area contributed by atoms with Gasteiger partial charge < -0.3 is 5.32 Å². The molecule has 3 heteroatoms.